The fraction of sp³-hybridized carbons (Fsp3) is 0.0870. The van der Waals surface area contributed by atoms with Gasteiger partial charge in [-0.2, -0.15) is 0 Å². The molecule has 0 saturated carbocycles. The van der Waals surface area contributed by atoms with Crippen molar-refractivity contribution in [1.29, 1.82) is 0 Å². The molecule has 0 bridgehead atoms. The summed E-state index contributed by atoms with van der Waals surface area (Å²) in [5.74, 6) is 0. The number of rotatable bonds is 5. The number of benzene rings is 2. The van der Waals surface area contributed by atoms with Crippen LogP contribution < -0.4 is 5.56 Å². The first-order chi connectivity index (χ1) is 13.4. The summed E-state index contributed by atoms with van der Waals surface area (Å²) in [4.78, 5) is 15.3. The molecular weight excluding hydrogens is 370 g/mol. The van der Waals surface area contributed by atoms with Gasteiger partial charge in [-0.3, -0.25) is 4.79 Å². The predicted octanol–water partition coefficient (Wildman–Crippen LogP) is 4.92. The topological polar surface area (TPSA) is 67.0 Å². The van der Waals surface area contributed by atoms with E-state index in [1.54, 1.807) is 31.2 Å². The third-order valence-corrected chi connectivity index (χ3v) is 6.31. The quantitative estimate of drug-likeness (QED) is 0.628. The van der Waals surface area contributed by atoms with Crippen LogP contribution >= 0.6 is 0 Å². The Hall–Kier alpha value is -3.18. The molecule has 0 atom stereocenters. The van der Waals surface area contributed by atoms with Gasteiger partial charge in [0, 0.05) is 17.0 Å². The molecule has 0 saturated heterocycles. The van der Waals surface area contributed by atoms with E-state index in [-0.39, 0.29) is 15.4 Å². The number of nitrogens with one attached hydrogen (secondary N) is 1. The number of aryl methyl sites for hydroxylation is 1. The molecule has 142 valence electrons. The van der Waals surface area contributed by atoms with Crippen LogP contribution in [0.3, 0.4) is 0 Å². The average molecular weight is 391 g/mol. The van der Waals surface area contributed by atoms with E-state index in [1.807, 2.05) is 31.2 Å². The van der Waals surface area contributed by atoms with Gasteiger partial charge in [-0.1, -0.05) is 54.6 Å². The van der Waals surface area contributed by atoms with Gasteiger partial charge in [-0.15, -0.1) is 0 Å². The summed E-state index contributed by atoms with van der Waals surface area (Å²) in [6.07, 6.45) is 6.18. The summed E-state index contributed by atoms with van der Waals surface area (Å²) in [6, 6.07) is 14.0. The van der Waals surface area contributed by atoms with Gasteiger partial charge in [0.25, 0.3) is 0 Å². The molecule has 3 aromatic rings. The van der Waals surface area contributed by atoms with Gasteiger partial charge in [-0.25, -0.2) is 8.42 Å². The van der Waals surface area contributed by atoms with Crippen molar-refractivity contribution in [1.82, 2.24) is 4.98 Å². The van der Waals surface area contributed by atoms with Crippen LogP contribution in [-0.2, 0) is 9.84 Å². The lowest BCUT2D eigenvalue weighted by molar-refractivity contribution is 0.603. The highest BCUT2D eigenvalue weighted by Gasteiger charge is 2.19. The molecule has 0 amide bonds. The molecule has 0 radical (unpaired) electrons. The maximum absolute atomic E-state index is 13.1. The molecule has 1 heterocycles. The number of hydrogen-bond acceptors (Lipinski definition) is 3. The number of H-pyrrole nitrogens is 1. The minimum absolute atomic E-state index is 0.169. The van der Waals surface area contributed by atoms with Crippen LogP contribution in [0.25, 0.3) is 22.0 Å². The smallest absolute Gasteiger partial charge is 0.249 e. The second-order valence-corrected chi connectivity index (χ2v) is 8.36. The van der Waals surface area contributed by atoms with E-state index < -0.39 is 9.84 Å². The van der Waals surface area contributed by atoms with Gasteiger partial charge < -0.3 is 4.98 Å². The van der Waals surface area contributed by atoms with Crippen molar-refractivity contribution in [2.45, 2.75) is 18.7 Å². The average Bonchev–Trinajstić information content (AvgIpc) is 2.67. The second kappa shape index (κ2) is 7.82. The van der Waals surface area contributed by atoms with Crippen LogP contribution in [0.5, 0.6) is 0 Å². The maximum Gasteiger partial charge on any atom is 0.249 e. The monoisotopic (exact) mass is 391 g/mol. The van der Waals surface area contributed by atoms with Gasteiger partial charge in [0.15, 0.2) is 0 Å². The Bertz CT molecular complexity index is 1280. The van der Waals surface area contributed by atoms with Crippen LogP contribution in [0.1, 0.15) is 12.5 Å². The summed E-state index contributed by atoms with van der Waals surface area (Å²) < 4.78 is 26.1. The van der Waals surface area contributed by atoms with Gasteiger partial charge in [0.05, 0.1) is 9.80 Å². The molecule has 0 aliphatic heterocycles. The minimum Gasteiger partial charge on any atom is -0.322 e. The van der Waals surface area contributed by atoms with E-state index in [9.17, 15) is 13.2 Å². The summed E-state index contributed by atoms with van der Waals surface area (Å²) >= 11 is 0. The van der Waals surface area contributed by atoms with E-state index in [0.29, 0.717) is 16.5 Å². The fourth-order valence-corrected chi connectivity index (χ4v) is 4.45. The Morgan fingerprint density at radius 2 is 1.89 bits per heavy atom. The van der Waals surface area contributed by atoms with Crippen molar-refractivity contribution in [3.8, 4) is 11.1 Å². The molecule has 1 N–H and O–H groups in total. The minimum atomic E-state index is -3.70. The van der Waals surface area contributed by atoms with Crippen LogP contribution in [0.4, 0.5) is 0 Å². The van der Waals surface area contributed by atoms with Crippen molar-refractivity contribution in [3.05, 3.63) is 100 Å². The first kappa shape index (κ1) is 19.6. The molecule has 1 aromatic heterocycles. The van der Waals surface area contributed by atoms with E-state index in [0.717, 1.165) is 11.1 Å². The molecule has 0 fully saturated rings. The van der Waals surface area contributed by atoms with Gasteiger partial charge in [-0.05, 0) is 49.2 Å². The summed E-state index contributed by atoms with van der Waals surface area (Å²) in [5, 5.41) is 0.675. The molecule has 28 heavy (non-hydrogen) atoms. The lowest BCUT2D eigenvalue weighted by Crippen LogP contribution is -2.07. The standard InChI is InChI=1S/C23H21NO3S/c1-4-6-10-18(5-2)28(26,27)19-11-12-22-21(14-19)20(15-23(25)24-22)17-9-7-8-16(3)13-17/h4-15H,1H2,2-3H3,(H,24,25)/b10-6-,18-5+. The van der Waals surface area contributed by atoms with Crippen LogP contribution in [0.15, 0.2) is 94.0 Å². The third kappa shape index (κ3) is 3.75. The van der Waals surface area contributed by atoms with Crippen molar-refractivity contribution < 1.29 is 8.42 Å². The number of sulfone groups is 1. The Balaban J connectivity index is 2.28. The zero-order chi connectivity index (χ0) is 20.3. The lowest BCUT2D eigenvalue weighted by atomic mass is 10.00. The van der Waals surface area contributed by atoms with Crippen molar-refractivity contribution >= 4 is 20.7 Å². The summed E-state index contributed by atoms with van der Waals surface area (Å²) in [6.45, 7) is 7.23. The number of hydrogen-bond donors (Lipinski definition) is 1. The molecule has 5 heteroatoms. The van der Waals surface area contributed by atoms with E-state index in [1.165, 1.54) is 24.3 Å². The summed E-state index contributed by atoms with van der Waals surface area (Å²) in [7, 11) is -3.70. The molecule has 3 rings (SSSR count). The van der Waals surface area contributed by atoms with E-state index in [2.05, 4.69) is 11.6 Å². The number of fused-ring (bicyclic) bond motifs is 1. The first-order valence-corrected chi connectivity index (χ1v) is 10.3. The zero-order valence-electron chi connectivity index (χ0n) is 15.8. The van der Waals surface area contributed by atoms with Crippen molar-refractivity contribution in [2.75, 3.05) is 0 Å². The predicted molar refractivity (Wildman–Crippen MR) is 115 cm³/mol. The fourth-order valence-electron chi connectivity index (χ4n) is 3.09. The molecule has 2 aromatic carbocycles. The number of allylic oxidation sites excluding steroid dienone is 4. The number of aromatic nitrogens is 1. The molecule has 0 spiro atoms. The van der Waals surface area contributed by atoms with Crippen molar-refractivity contribution in [3.63, 3.8) is 0 Å². The first-order valence-electron chi connectivity index (χ1n) is 8.81. The Morgan fingerprint density at radius 1 is 1.11 bits per heavy atom. The number of aromatic amines is 1. The maximum atomic E-state index is 13.1. The zero-order valence-corrected chi connectivity index (χ0v) is 16.6. The lowest BCUT2D eigenvalue weighted by Gasteiger charge is -2.10. The SMILES string of the molecule is C=C/C=C\C(=C/C)S(=O)(=O)c1ccc2[nH]c(=O)cc(-c3cccc(C)c3)c2c1. The molecule has 0 aliphatic carbocycles. The highest BCUT2D eigenvalue weighted by atomic mass is 32.2. The highest BCUT2D eigenvalue weighted by Crippen LogP contribution is 2.30. The molecule has 4 nitrogen and oxygen atoms in total. The molecule has 0 aliphatic rings. The Morgan fingerprint density at radius 3 is 2.57 bits per heavy atom. The molecular formula is C23H21NO3S. The van der Waals surface area contributed by atoms with Gasteiger partial charge >= 0.3 is 0 Å². The van der Waals surface area contributed by atoms with Crippen molar-refractivity contribution in [2.24, 2.45) is 0 Å². The van der Waals surface area contributed by atoms with Gasteiger partial charge in [0.1, 0.15) is 0 Å². The van der Waals surface area contributed by atoms with Crippen LogP contribution in [0, 0.1) is 6.92 Å². The third-order valence-electron chi connectivity index (χ3n) is 4.45. The largest absolute Gasteiger partial charge is 0.322 e. The Labute approximate surface area is 164 Å². The number of pyridine rings is 1. The summed E-state index contributed by atoms with van der Waals surface area (Å²) in [5.41, 5.74) is 2.97. The highest BCUT2D eigenvalue weighted by molar-refractivity contribution is 7.95. The second-order valence-electron chi connectivity index (χ2n) is 6.41. The normalized spacial score (nSPS) is 12.6. The van der Waals surface area contributed by atoms with E-state index >= 15 is 0 Å². The van der Waals surface area contributed by atoms with Crippen LogP contribution in [0.2, 0.25) is 0 Å². The van der Waals surface area contributed by atoms with Crippen LogP contribution in [-0.4, -0.2) is 13.4 Å². The van der Waals surface area contributed by atoms with Gasteiger partial charge in [0.2, 0.25) is 15.4 Å². The van der Waals surface area contributed by atoms with E-state index in [4.69, 9.17) is 0 Å². The molecule has 0 unspecified atom stereocenters. The Kier molecular flexibility index (Phi) is 5.47.